The molecule has 1 rings (SSSR count). The molecule has 4 heteroatoms. The predicted octanol–water partition coefficient (Wildman–Crippen LogP) is 1.84. The first-order chi connectivity index (χ1) is 5.59. The molecule has 0 unspecified atom stereocenters. The molecule has 1 aromatic rings. The van der Waals surface area contributed by atoms with E-state index in [9.17, 15) is 4.79 Å². The van der Waals surface area contributed by atoms with Gasteiger partial charge in [0, 0.05) is 11.2 Å². The second kappa shape index (κ2) is 3.54. The van der Waals surface area contributed by atoms with Gasteiger partial charge in [-0.3, -0.25) is 9.48 Å². The Morgan fingerprint density at radius 1 is 1.83 bits per heavy atom. The average molecular weight is 185 g/mol. The SMILES string of the molecule is C=C(Cl)Cn1cc(C(C)=O)cn1. The van der Waals surface area contributed by atoms with Gasteiger partial charge >= 0.3 is 0 Å². The molecule has 0 fully saturated rings. The van der Waals surface area contributed by atoms with E-state index in [2.05, 4.69) is 11.7 Å². The number of Topliss-reactive ketones (excluding diaryl/α,β-unsaturated/α-hetero) is 1. The minimum absolute atomic E-state index is 0.00133. The molecule has 0 aliphatic rings. The van der Waals surface area contributed by atoms with Gasteiger partial charge in [-0.05, 0) is 6.92 Å². The van der Waals surface area contributed by atoms with Gasteiger partial charge in [0.05, 0.1) is 18.3 Å². The topological polar surface area (TPSA) is 34.9 Å². The van der Waals surface area contributed by atoms with Gasteiger partial charge in [-0.1, -0.05) is 18.2 Å². The molecule has 0 aromatic carbocycles. The van der Waals surface area contributed by atoms with E-state index in [1.54, 1.807) is 10.9 Å². The van der Waals surface area contributed by atoms with E-state index in [-0.39, 0.29) is 5.78 Å². The summed E-state index contributed by atoms with van der Waals surface area (Å²) in [5.41, 5.74) is 0.591. The van der Waals surface area contributed by atoms with Gasteiger partial charge in [0.25, 0.3) is 0 Å². The van der Waals surface area contributed by atoms with Crippen LogP contribution in [0.4, 0.5) is 0 Å². The molecule has 12 heavy (non-hydrogen) atoms. The number of rotatable bonds is 3. The zero-order valence-corrected chi connectivity index (χ0v) is 7.51. The van der Waals surface area contributed by atoms with Crippen molar-refractivity contribution in [1.29, 1.82) is 0 Å². The first-order valence-corrected chi connectivity index (χ1v) is 3.84. The van der Waals surface area contributed by atoms with Crippen LogP contribution in [0, 0.1) is 0 Å². The highest BCUT2D eigenvalue weighted by Gasteiger charge is 2.02. The van der Waals surface area contributed by atoms with Crippen LogP contribution in [0.2, 0.25) is 0 Å². The first-order valence-electron chi connectivity index (χ1n) is 3.46. The van der Waals surface area contributed by atoms with Crippen molar-refractivity contribution >= 4 is 17.4 Å². The van der Waals surface area contributed by atoms with Crippen LogP contribution in [0.25, 0.3) is 0 Å². The third kappa shape index (κ3) is 2.20. The molecule has 3 nitrogen and oxygen atoms in total. The molecule has 0 aliphatic heterocycles. The number of hydrogen-bond acceptors (Lipinski definition) is 2. The van der Waals surface area contributed by atoms with Crippen molar-refractivity contribution in [3.8, 4) is 0 Å². The molecular formula is C8H9ClN2O. The zero-order valence-electron chi connectivity index (χ0n) is 6.75. The van der Waals surface area contributed by atoms with E-state index in [1.807, 2.05) is 0 Å². The lowest BCUT2D eigenvalue weighted by Gasteiger charge is -1.95. The second-order valence-electron chi connectivity index (χ2n) is 2.50. The number of nitrogens with zero attached hydrogens (tertiary/aromatic N) is 2. The van der Waals surface area contributed by atoms with Crippen molar-refractivity contribution in [2.45, 2.75) is 13.5 Å². The minimum Gasteiger partial charge on any atom is -0.294 e. The molecule has 0 bridgehead atoms. The van der Waals surface area contributed by atoms with Crippen LogP contribution in [-0.2, 0) is 6.54 Å². The summed E-state index contributed by atoms with van der Waals surface area (Å²) < 4.78 is 1.58. The summed E-state index contributed by atoms with van der Waals surface area (Å²) in [4.78, 5) is 10.8. The highest BCUT2D eigenvalue weighted by atomic mass is 35.5. The van der Waals surface area contributed by atoms with Crippen molar-refractivity contribution < 1.29 is 4.79 Å². The standard InChI is InChI=1S/C8H9ClN2O/c1-6(9)4-11-5-8(3-10-11)7(2)12/h3,5H,1,4H2,2H3. The van der Waals surface area contributed by atoms with Crippen molar-refractivity contribution in [3.63, 3.8) is 0 Å². The number of allylic oxidation sites excluding steroid dienone is 1. The number of carbonyl (C=O) groups is 1. The van der Waals surface area contributed by atoms with Crippen LogP contribution in [-0.4, -0.2) is 15.6 Å². The van der Waals surface area contributed by atoms with Crippen molar-refractivity contribution in [2.75, 3.05) is 0 Å². The maximum Gasteiger partial charge on any atom is 0.162 e. The molecule has 0 aliphatic carbocycles. The Labute approximate surface area is 75.6 Å². The number of halogens is 1. The van der Waals surface area contributed by atoms with Gasteiger partial charge in [0.1, 0.15) is 0 Å². The lowest BCUT2D eigenvalue weighted by molar-refractivity contribution is 0.101. The molecule has 1 aromatic heterocycles. The fraction of sp³-hybridized carbons (Fsp3) is 0.250. The van der Waals surface area contributed by atoms with Crippen LogP contribution >= 0.6 is 11.6 Å². The third-order valence-corrected chi connectivity index (χ3v) is 1.49. The van der Waals surface area contributed by atoms with E-state index in [4.69, 9.17) is 11.6 Å². The predicted molar refractivity (Wildman–Crippen MR) is 47.2 cm³/mol. The van der Waals surface area contributed by atoms with E-state index in [1.165, 1.54) is 13.1 Å². The number of carbonyl (C=O) groups excluding carboxylic acids is 1. The molecule has 0 N–H and O–H groups in total. The van der Waals surface area contributed by atoms with E-state index >= 15 is 0 Å². The maximum atomic E-state index is 10.8. The number of aromatic nitrogens is 2. The molecule has 0 radical (unpaired) electrons. The zero-order chi connectivity index (χ0) is 9.14. The molecule has 0 atom stereocenters. The van der Waals surface area contributed by atoms with Crippen molar-refractivity contribution in [3.05, 3.63) is 29.6 Å². The van der Waals surface area contributed by atoms with Gasteiger partial charge < -0.3 is 0 Å². The van der Waals surface area contributed by atoms with Crippen molar-refractivity contribution in [1.82, 2.24) is 9.78 Å². The molecule has 64 valence electrons. The summed E-state index contributed by atoms with van der Waals surface area (Å²) in [7, 11) is 0. The number of hydrogen-bond donors (Lipinski definition) is 0. The Morgan fingerprint density at radius 3 is 2.92 bits per heavy atom. The van der Waals surface area contributed by atoms with Gasteiger partial charge in [-0.2, -0.15) is 5.10 Å². The van der Waals surface area contributed by atoms with Gasteiger partial charge in [-0.15, -0.1) is 0 Å². The van der Waals surface area contributed by atoms with Gasteiger partial charge in [-0.25, -0.2) is 0 Å². The second-order valence-corrected chi connectivity index (χ2v) is 3.03. The third-order valence-electron chi connectivity index (χ3n) is 1.37. The molecular weight excluding hydrogens is 176 g/mol. The van der Waals surface area contributed by atoms with E-state index in [0.29, 0.717) is 17.1 Å². The lowest BCUT2D eigenvalue weighted by Crippen LogP contribution is -1.97. The molecule has 0 saturated heterocycles. The fourth-order valence-corrected chi connectivity index (χ4v) is 0.930. The molecule has 1 heterocycles. The smallest absolute Gasteiger partial charge is 0.162 e. The van der Waals surface area contributed by atoms with Crippen LogP contribution < -0.4 is 0 Å². The monoisotopic (exact) mass is 184 g/mol. The van der Waals surface area contributed by atoms with Crippen molar-refractivity contribution in [2.24, 2.45) is 0 Å². The summed E-state index contributed by atoms with van der Waals surface area (Å²) in [5, 5.41) is 4.42. The molecule has 0 saturated carbocycles. The normalized spacial score (nSPS) is 9.83. The highest BCUT2D eigenvalue weighted by Crippen LogP contribution is 2.03. The van der Waals surface area contributed by atoms with E-state index < -0.39 is 0 Å². The Hall–Kier alpha value is -1.09. The van der Waals surface area contributed by atoms with Gasteiger partial charge in [0.15, 0.2) is 5.78 Å². The Kier molecular flexibility index (Phi) is 2.65. The summed E-state index contributed by atoms with van der Waals surface area (Å²) >= 11 is 5.56. The maximum absolute atomic E-state index is 10.8. The van der Waals surface area contributed by atoms with Crippen LogP contribution in [0.15, 0.2) is 24.0 Å². The van der Waals surface area contributed by atoms with Gasteiger partial charge in [0.2, 0.25) is 0 Å². The summed E-state index contributed by atoms with van der Waals surface area (Å²) in [5.74, 6) is 0.00133. The Balaban J connectivity index is 2.77. The van der Waals surface area contributed by atoms with Crippen LogP contribution in [0.3, 0.4) is 0 Å². The lowest BCUT2D eigenvalue weighted by atomic mass is 10.3. The van der Waals surface area contributed by atoms with Crippen LogP contribution in [0.5, 0.6) is 0 Å². The summed E-state index contributed by atoms with van der Waals surface area (Å²) in [6, 6.07) is 0. The molecule has 0 spiro atoms. The largest absolute Gasteiger partial charge is 0.294 e. The Bertz CT molecular complexity index is 317. The van der Waals surface area contributed by atoms with Crippen LogP contribution in [0.1, 0.15) is 17.3 Å². The fourth-order valence-electron chi connectivity index (χ4n) is 0.808. The summed E-state index contributed by atoms with van der Waals surface area (Å²) in [6.07, 6.45) is 3.16. The molecule has 0 amide bonds. The highest BCUT2D eigenvalue weighted by molar-refractivity contribution is 6.29. The average Bonchev–Trinajstić information content (AvgIpc) is 2.34. The summed E-state index contributed by atoms with van der Waals surface area (Å²) in [6.45, 7) is 5.46. The quantitative estimate of drug-likeness (QED) is 0.672. The minimum atomic E-state index is 0.00133. The van der Waals surface area contributed by atoms with E-state index in [0.717, 1.165) is 0 Å². The number of ketones is 1. The first kappa shape index (κ1) is 9.00. The Morgan fingerprint density at radius 2 is 2.50 bits per heavy atom.